The minimum Gasteiger partial charge on any atom is -0.385 e. The van der Waals surface area contributed by atoms with E-state index in [1.807, 2.05) is 12.1 Å². The molecule has 0 saturated carbocycles. The van der Waals surface area contributed by atoms with Gasteiger partial charge in [0.2, 0.25) is 0 Å². The van der Waals surface area contributed by atoms with Gasteiger partial charge in [0.1, 0.15) is 0 Å². The normalized spacial score (nSPS) is 14.2. The van der Waals surface area contributed by atoms with Gasteiger partial charge in [0.05, 0.1) is 5.52 Å². The summed E-state index contributed by atoms with van der Waals surface area (Å²) in [6.07, 6.45) is 3.54. The molecule has 1 aliphatic heterocycles. The Bertz CT molecular complexity index is 899. The lowest BCUT2D eigenvalue weighted by Gasteiger charge is -2.20. The lowest BCUT2D eigenvalue weighted by molar-refractivity contribution is 0.949. The summed E-state index contributed by atoms with van der Waals surface area (Å²) in [5.41, 5.74) is 5.89. The summed E-state index contributed by atoms with van der Waals surface area (Å²) >= 11 is 5.94. The maximum atomic E-state index is 5.94. The highest BCUT2D eigenvalue weighted by atomic mass is 35.5. The molecule has 2 aromatic carbocycles. The predicted molar refractivity (Wildman–Crippen MR) is 112 cm³/mol. The van der Waals surface area contributed by atoms with E-state index in [-0.39, 0.29) is 0 Å². The van der Waals surface area contributed by atoms with Gasteiger partial charge in [0, 0.05) is 47.1 Å². The van der Waals surface area contributed by atoms with E-state index < -0.39 is 0 Å². The molecular formula is C22H24ClN3. The molecular weight excluding hydrogens is 342 g/mol. The van der Waals surface area contributed by atoms with Crippen LogP contribution in [0.25, 0.3) is 10.9 Å². The van der Waals surface area contributed by atoms with Crippen molar-refractivity contribution in [3.63, 3.8) is 0 Å². The first kappa shape index (κ1) is 17.2. The Balaban J connectivity index is 1.50. The summed E-state index contributed by atoms with van der Waals surface area (Å²) in [4.78, 5) is 7.25. The van der Waals surface area contributed by atoms with Gasteiger partial charge in [0.25, 0.3) is 0 Å². The number of hydrogen-bond donors (Lipinski definition) is 1. The van der Waals surface area contributed by atoms with Gasteiger partial charge in [-0.15, -0.1) is 0 Å². The molecule has 1 aliphatic rings. The number of nitrogens with one attached hydrogen (secondary N) is 1. The molecule has 3 aromatic rings. The second kappa shape index (κ2) is 7.55. The van der Waals surface area contributed by atoms with Gasteiger partial charge in [0.15, 0.2) is 0 Å². The van der Waals surface area contributed by atoms with Crippen molar-refractivity contribution in [1.82, 2.24) is 4.98 Å². The summed E-state index contributed by atoms with van der Waals surface area (Å²) in [5, 5.41) is 5.56. The Morgan fingerprint density at radius 1 is 1.04 bits per heavy atom. The first-order chi connectivity index (χ1) is 12.7. The Morgan fingerprint density at radius 3 is 2.58 bits per heavy atom. The highest BCUT2D eigenvalue weighted by molar-refractivity contribution is 6.30. The zero-order valence-electron chi connectivity index (χ0n) is 15.1. The molecule has 134 valence electrons. The fourth-order valence-corrected chi connectivity index (χ4v) is 3.80. The van der Waals surface area contributed by atoms with Crippen molar-refractivity contribution in [2.24, 2.45) is 0 Å². The standard InChI is InChI=1S/C22H24ClN3/c1-16-14-22(26-12-2-3-13-26)20-9-8-19(15-21(20)25-16)24-11-10-17-4-6-18(23)7-5-17/h4-9,14-15,24H,2-3,10-13H2,1H3. The van der Waals surface area contributed by atoms with Crippen LogP contribution >= 0.6 is 11.6 Å². The van der Waals surface area contributed by atoms with E-state index in [0.717, 1.165) is 48.0 Å². The number of rotatable bonds is 5. The number of pyridine rings is 1. The Morgan fingerprint density at radius 2 is 1.81 bits per heavy atom. The van der Waals surface area contributed by atoms with Crippen molar-refractivity contribution in [2.45, 2.75) is 26.2 Å². The number of fused-ring (bicyclic) bond motifs is 1. The van der Waals surface area contributed by atoms with Crippen LogP contribution in [0.1, 0.15) is 24.1 Å². The molecule has 2 heterocycles. The van der Waals surface area contributed by atoms with Gasteiger partial charge >= 0.3 is 0 Å². The second-order valence-electron chi connectivity index (χ2n) is 7.01. The Hall–Kier alpha value is -2.26. The van der Waals surface area contributed by atoms with Crippen molar-refractivity contribution in [3.8, 4) is 0 Å². The maximum absolute atomic E-state index is 5.94. The SMILES string of the molecule is Cc1cc(N2CCCC2)c2ccc(NCCc3ccc(Cl)cc3)cc2n1. The molecule has 1 saturated heterocycles. The molecule has 0 spiro atoms. The summed E-state index contributed by atoms with van der Waals surface area (Å²) < 4.78 is 0. The zero-order chi connectivity index (χ0) is 17.9. The van der Waals surface area contributed by atoms with Crippen molar-refractivity contribution in [1.29, 1.82) is 0 Å². The summed E-state index contributed by atoms with van der Waals surface area (Å²) in [7, 11) is 0. The summed E-state index contributed by atoms with van der Waals surface area (Å²) in [6, 6.07) is 16.8. The Kier molecular flexibility index (Phi) is 4.98. The maximum Gasteiger partial charge on any atom is 0.0746 e. The predicted octanol–water partition coefficient (Wildman–Crippen LogP) is 5.45. The van der Waals surface area contributed by atoms with Crippen molar-refractivity contribution in [2.75, 3.05) is 29.9 Å². The Labute approximate surface area is 160 Å². The van der Waals surface area contributed by atoms with Crippen LogP contribution in [0.4, 0.5) is 11.4 Å². The molecule has 0 unspecified atom stereocenters. The smallest absolute Gasteiger partial charge is 0.0746 e. The average molecular weight is 366 g/mol. The lowest BCUT2D eigenvalue weighted by atomic mass is 10.1. The highest BCUT2D eigenvalue weighted by Gasteiger charge is 2.16. The molecule has 1 aromatic heterocycles. The minimum absolute atomic E-state index is 0.784. The molecule has 4 heteroatoms. The van der Waals surface area contributed by atoms with Crippen LogP contribution in [0.5, 0.6) is 0 Å². The van der Waals surface area contributed by atoms with E-state index in [1.165, 1.54) is 29.5 Å². The average Bonchev–Trinajstić information content (AvgIpc) is 3.17. The number of benzene rings is 2. The molecule has 1 N–H and O–H groups in total. The first-order valence-corrected chi connectivity index (χ1v) is 9.71. The number of hydrogen-bond acceptors (Lipinski definition) is 3. The van der Waals surface area contributed by atoms with Gasteiger partial charge < -0.3 is 10.2 Å². The summed E-state index contributed by atoms with van der Waals surface area (Å²) in [5.74, 6) is 0. The van der Waals surface area contributed by atoms with Crippen LogP contribution in [0, 0.1) is 6.92 Å². The molecule has 0 aliphatic carbocycles. The van der Waals surface area contributed by atoms with Gasteiger partial charge in [-0.25, -0.2) is 0 Å². The molecule has 1 fully saturated rings. The van der Waals surface area contributed by atoms with Gasteiger partial charge in [-0.2, -0.15) is 0 Å². The summed E-state index contributed by atoms with van der Waals surface area (Å²) in [6.45, 7) is 5.27. The van der Waals surface area contributed by atoms with E-state index >= 15 is 0 Å². The number of halogens is 1. The van der Waals surface area contributed by atoms with E-state index in [1.54, 1.807) is 0 Å². The monoisotopic (exact) mass is 365 g/mol. The molecule has 26 heavy (non-hydrogen) atoms. The number of aromatic nitrogens is 1. The van der Waals surface area contributed by atoms with Crippen molar-refractivity contribution < 1.29 is 0 Å². The van der Waals surface area contributed by atoms with Crippen LogP contribution in [0.2, 0.25) is 5.02 Å². The minimum atomic E-state index is 0.784. The largest absolute Gasteiger partial charge is 0.385 e. The van der Waals surface area contributed by atoms with Crippen molar-refractivity contribution >= 4 is 33.9 Å². The third kappa shape index (κ3) is 3.78. The van der Waals surface area contributed by atoms with E-state index in [2.05, 4.69) is 53.5 Å². The molecule has 4 rings (SSSR count). The molecule has 0 atom stereocenters. The van der Waals surface area contributed by atoms with E-state index in [0.29, 0.717) is 0 Å². The number of aryl methyl sites for hydroxylation is 1. The van der Waals surface area contributed by atoms with Crippen LogP contribution in [-0.2, 0) is 6.42 Å². The lowest BCUT2D eigenvalue weighted by Crippen LogP contribution is -2.18. The third-order valence-corrected chi connectivity index (χ3v) is 5.27. The van der Waals surface area contributed by atoms with E-state index in [4.69, 9.17) is 16.6 Å². The molecule has 3 nitrogen and oxygen atoms in total. The van der Waals surface area contributed by atoms with Crippen molar-refractivity contribution in [3.05, 3.63) is 64.8 Å². The fourth-order valence-electron chi connectivity index (χ4n) is 3.67. The molecule has 0 radical (unpaired) electrons. The van der Waals surface area contributed by atoms with Crippen LogP contribution in [0.15, 0.2) is 48.5 Å². The number of nitrogens with zero attached hydrogens (tertiary/aromatic N) is 2. The number of anilines is 2. The topological polar surface area (TPSA) is 28.2 Å². The van der Waals surface area contributed by atoms with Gasteiger partial charge in [-0.05, 0) is 68.1 Å². The quantitative estimate of drug-likeness (QED) is 0.651. The highest BCUT2D eigenvalue weighted by Crippen LogP contribution is 2.31. The van der Waals surface area contributed by atoms with Gasteiger partial charge in [-0.3, -0.25) is 4.98 Å². The zero-order valence-corrected chi connectivity index (χ0v) is 15.9. The fraction of sp³-hybridized carbons (Fsp3) is 0.318. The second-order valence-corrected chi connectivity index (χ2v) is 7.45. The van der Waals surface area contributed by atoms with Crippen LogP contribution in [-0.4, -0.2) is 24.6 Å². The molecule has 0 bridgehead atoms. The third-order valence-electron chi connectivity index (χ3n) is 5.02. The van der Waals surface area contributed by atoms with E-state index in [9.17, 15) is 0 Å². The van der Waals surface area contributed by atoms with Crippen LogP contribution in [0.3, 0.4) is 0 Å². The first-order valence-electron chi connectivity index (χ1n) is 9.34. The molecule has 0 amide bonds. The van der Waals surface area contributed by atoms with Crippen LogP contribution < -0.4 is 10.2 Å². The van der Waals surface area contributed by atoms with Gasteiger partial charge in [-0.1, -0.05) is 23.7 Å².